The Hall–Kier alpha value is -2.64. The van der Waals surface area contributed by atoms with Gasteiger partial charge in [-0.15, -0.1) is 0 Å². The quantitative estimate of drug-likeness (QED) is 0.837. The van der Waals surface area contributed by atoms with E-state index in [1.165, 1.54) is 0 Å². The second kappa shape index (κ2) is 8.83. The maximum Gasteiger partial charge on any atom is 0.286 e. The molecule has 1 aliphatic rings. The minimum atomic E-state index is -0.278. The molecule has 0 saturated carbocycles. The second-order valence-electron chi connectivity index (χ2n) is 6.45. The van der Waals surface area contributed by atoms with Crippen LogP contribution in [0.15, 0.2) is 40.8 Å². The van der Waals surface area contributed by atoms with Gasteiger partial charge in [0.15, 0.2) is 5.76 Å². The van der Waals surface area contributed by atoms with E-state index in [0.29, 0.717) is 31.0 Å². The van der Waals surface area contributed by atoms with Crippen LogP contribution in [0, 0.1) is 0 Å². The molecule has 2 aromatic rings. The van der Waals surface area contributed by atoms with Gasteiger partial charge < -0.3 is 19.4 Å². The molecule has 27 heavy (non-hydrogen) atoms. The van der Waals surface area contributed by atoms with Crippen LogP contribution in [0.1, 0.15) is 20.9 Å². The van der Waals surface area contributed by atoms with E-state index in [1.807, 2.05) is 29.2 Å². The fourth-order valence-corrected chi connectivity index (χ4v) is 3.12. The summed E-state index contributed by atoms with van der Waals surface area (Å²) in [6.07, 6.45) is 0. The Bertz CT molecular complexity index is 794. The predicted octanol–water partition coefficient (Wildman–Crippen LogP) is 1.71. The number of hydrogen-bond donors (Lipinski definition) is 1. The first kappa shape index (κ1) is 19.1. The van der Waals surface area contributed by atoms with Crippen LogP contribution in [0.2, 0.25) is 0 Å². The molecule has 0 spiro atoms. The van der Waals surface area contributed by atoms with E-state index in [4.69, 9.17) is 9.15 Å². The van der Waals surface area contributed by atoms with Crippen LogP contribution in [-0.2, 0) is 4.74 Å². The number of ether oxygens (including phenoxy) is 1. The number of hydrogen-bond acceptors (Lipinski definition) is 5. The number of rotatable bonds is 6. The summed E-state index contributed by atoms with van der Waals surface area (Å²) in [6.45, 7) is 4.70. The van der Waals surface area contributed by atoms with Crippen LogP contribution >= 0.6 is 0 Å². The number of benzene rings is 1. The molecule has 2 heterocycles. The average molecular weight is 371 g/mol. The van der Waals surface area contributed by atoms with Gasteiger partial charge in [0.25, 0.3) is 11.8 Å². The van der Waals surface area contributed by atoms with E-state index in [0.717, 1.165) is 25.2 Å². The van der Waals surface area contributed by atoms with Gasteiger partial charge in [-0.05, 0) is 24.3 Å². The Balaban J connectivity index is 1.68. The van der Waals surface area contributed by atoms with E-state index in [9.17, 15) is 9.59 Å². The van der Waals surface area contributed by atoms with Crippen LogP contribution < -0.4 is 5.32 Å². The van der Waals surface area contributed by atoms with Crippen molar-refractivity contribution in [3.63, 3.8) is 0 Å². The van der Waals surface area contributed by atoms with Gasteiger partial charge in [-0.3, -0.25) is 14.5 Å². The molecule has 7 heteroatoms. The van der Waals surface area contributed by atoms with Gasteiger partial charge >= 0.3 is 0 Å². The smallest absolute Gasteiger partial charge is 0.286 e. The molecule has 144 valence electrons. The molecule has 0 unspecified atom stereocenters. The van der Waals surface area contributed by atoms with Crippen LogP contribution in [0.4, 0.5) is 0 Å². The molecule has 0 radical (unpaired) electrons. The third-order valence-electron chi connectivity index (χ3n) is 4.72. The maximum atomic E-state index is 12.9. The zero-order chi connectivity index (χ0) is 19.2. The van der Waals surface area contributed by atoms with Crippen molar-refractivity contribution in [1.29, 1.82) is 0 Å². The van der Waals surface area contributed by atoms with Crippen molar-refractivity contribution in [1.82, 2.24) is 15.1 Å². The summed E-state index contributed by atoms with van der Waals surface area (Å²) in [5, 5.41) is 2.53. The highest BCUT2D eigenvalue weighted by Gasteiger charge is 2.22. The van der Waals surface area contributed by atoms with Gasteiger partial charge in [0.2, 0.25) is 0 Å². The van der Waals surface area contributed by atoms with Crippen molar-refractivity contribution in [2.45, 2.75) is 0 Å². The van der Waals surface area contributed by atoms with E-state index >= 15 is 0 Å². The number of nitrogens with one attached hydrogen (secondary N) is 1. The van der Waals surface area contributed by atoms with Crippen molar-refractivity contribution in [3.05, 3.63) is 47.7 Å². The molecule has 1 aromatic heterocycles. The lowest BCUT2D eigenvalue weighted by atomic mass is 10.1. The average Bonchev–Trinajstić information content (AvgIpc) is 3.22. The fraction of sp³-hybridized carbons (Fsp3) is 0.400. The molecule has 0 aliphatic carbocycles. The van der Waals surface area contributed by atoms with Crippen molar-refractivity contribution < 1.29 is 18.7 Å². The van der Waals surface area contributed by atoms with Gasteiger partial charge in [-0.2, -0.15) is 0 Å². The van der Waals surface area contributed by atoms with Gasteiger partial charge in [0.1, 0.15) is 5.76 Å². The van der Waals surface area contributed by atoms with E-state index < -0.39 is 0 Å². The SMILES string of the molecule is CNC(=O)c1ccc(-c2cccc(C(=O)N3CCN(CCOC)CC3)c2)o1. The molecule has 1 saturated heterocycles. The first-order valence-electron chi connectivity index (χ1n) is 9.05. The zero-order valence-corrected chi connectivity index (χ0v) is 15.7. The third-order valence-corrected chi connectivity index (χ3v) is 4.72. The van der Waals surface area contributed by atoms with Crippen LogP contribution in [0.25, 0.3) is 11.3 Å². The van der Waals surface area contributed by atoms with Crippen LogP contribution in [0.3, 0.4) is 0 Å². The molecule has 1 aliphatic heterocycles. The molecule has 2 amide bonds. The number of carbonyl (C=O) groups is 2. The normalized spacial score (nSPS) is 15.0. The number of furan rings is 1. The monoisotopic (exact) mass is 371 g/mol. The van der Waals surface area contributed by atoms with E-state index in [1.54, 1.807) is 26.3 Å². The molecule has 7 nitrogen and oxygen atoms in total. The summed E-state index contributed by atoms with van der Waals surface area (Å²) in [6, 6.07) is 10.7. The third kappa shape index (κ3) is 4.56. The summed E-state index contributed by atoms with van der Waals surface area (Å²) >= 11 is 0. The zero-order valence-electron chi connectivity index (χ0n) is 15.7. The highest BCUT2D eigenvalue weighted by molar-refractivity contribution is 5.95. The highest BCUT2D eigenvalue weighted by Crippen LogP contribution is 2.24. The summed E-state index contributed by atoms with van der Waals surface area (Å²) in [4.78, 5) is 28.7. The van der Waals surface area contributed by atoms with Crippen LogP contribution in [-0.4, -0.2) is 75.1 Å². The molecular weight excluding hydrogens is 346 g/mol. The summed E-state index contributed by atoms with van der Waals surface area (Å²) < 4.78 is 10.7. The van der Waals surface area contributed by atoms with Crippen molar-refractivity contribution >= 4 is 11.8 Å². The Morgan fingerprint density at radius 2 is 1.93 bits per heavy atom. The lowest BCUT2D eigenvalue weighted by Crippen LogP contribution is -2.49. The van der Waals surface area contributed by atoms with Gasteiger partial charge in [0, 0.05) is 58.0 Å². The number of methoxy groups -OCH3 is 1. The summed E-state index contributed by atoms with van der Waals surface area (Å²) in [5.74, 6) is 0.546. The van der Waals surface area contributed by atoms with E-state index in [2.05, 4.69) is 10.2 Å². The molecule has 1 aromatic carbocycles. The number of nitrogens with zero attached hydrogens (tertiary/aromatic N) is 2. The van der Waals surface area contributed by atoms with Crippen LogP contribution in [0.5, 0.6) is 0 Å². The summed E-state index contributed by atoms with van der Waals surface area (Å²) in [7, 11) is 3.25. The topological polar surface area (TPSA) is 75.0 Å². The molecule has 1 fully saturated rings. The highest BCUT2D eigenvalue weighted by atomic mass is 16.5. The molecule has 3 rings (SSSR count). The largest absolute Gasteiger partial charge is 0.451 e. The molecular formula is C20H25N3O4. The van der Waals surface area contributed by atoms with Gasteiger partial charge in [-0.1, -0.05) is 12.1 Å². The van der Waals surface area contributed by atoms with Crippen molar-refractivity contribution in [2.75, 3.05) is 53.5 Å². The predicted molar refractivity (Wildman–Crippen MR) is 102 cm³/mol. The number of piperazine rings is 1. The fourth-order valence-electron chi connectivity index (χ4n) is 3.12. The van der Waals surface area contributed by atoms with Crippen molar-refractivity contribution in [2.24, 2.45) is 0 Å². The number of amides is 2. The Morgan fingerprint density at radius 3 is 2.63 bits per heavy atom. The summed E-state index contributed by atoms with van der Waals surface area (Å²) in [5.41, 5.74) is 1.39. The lowest BCUT2D eigenvalue weighted by Gasteiger charge is -2.34. The first-order chi connectivity index (χ1) is 13.1. The van der Waals surface area contributed by atoms with E-state index in [-0.39, 0.29) is 17.6 Å². The van der Waals surface area contributed by atoms with Gasteiger partial charge in [-0.25, -0.2) is 0 Å². The Morgan fingerprint density at radius 1 is 1.15 bits per heavy atom. The lowest BCUT2D eigenvalue weighted by molar-refractivity contribution is 0.0594. The number of carbonyl (C=O) groups excluding carboxylic acids is 2. The first-order valence-corrected chi connectivity index (χ1v) is 9.05. The Labute approximate surface area is 158 Å². The standard InChI is InChI=1S/C20H25N3O4/c1-21-19(24)18-7-6-17(27-18)15-4-3-5-16(14-15)20(25)23-10-8-22(9-11-23)12-13-26-2/h3-7,14H,8-13H2,1-2H3,(H,21,24). The molecule has 0 atom stereocenters. The van der Waals surface area contributed by atoms with Crippen molar-refractivity contribution in [3.8, 4) is 11.3 Å². The van der Waals surface area contributed by atoms with Gasteiger partial charge in [0.05, 0.1) is 6.61 Å². The minimum Gasteiger partial charge on any atom is -0.451 e. The molecule has 1 N–H and O–H groups in total. The Kier molecular flexibility index (Phi) is 6.26. The molecule has 0 bridgehead atoms. The second-order valence-corrected chi connectivity index (χ2v) is 6.45. The minimum absolute atomic E-state index is 0.0151. The maximum absolute atomic E-state index is 12.9.